The first kappa shape index (κ1) is 16.8. The third-order valence-electron chi connectivity index (χ3n) is 2.96. The van der Waals surface area contributed by atoms with E-state index in [-0.39, 0.29) is 18.5 Å². The van der Waals surface area contributed by atoms with E-state index < -0.39 is 6.03 Å². The maximum atomic E-state index is 12.0. The summed E-state index contributed by atoms with van der Waals surface area (Å²) in [5.74, 6) is 1.08. The summed E-state index contributed by atoms with van der Waals surface area (Å²) in [6, 6.07) is 6.70. The van der Waals surface area contributed by atoms with Gasteiger partial charge in [0.05, 0.1) is 32.2 Å². The van der Waals surface area contributed by atoms with Crippen molar-refractivity contribution in [2.75, 3.05) is 6.54 Å². The van der Waals surface area contributed by atoms with Crippen molar-refractivity contribution >= 4 is 11.9 Å². The predicted molar refractivity (Wildman–Crippen MR) is 83.3 cm³/mol. The van der Waals surface area contributed by atoms with Crippen molar-refractivity contribution in [2.45, 2.75) is 33.0 Å². The van der Waals surface area contributed by atoms with Gasteiger partial charge in [-0.15, -0.1) is 0 Å². The number of carbonyl (C=O) groups excluding carboxylic acids is 2. The van der Waals surface area contributed by atoms with Crippen LogP contribution in [0.5, 0.6) is 0 Å². The van der Waals surface area contributed by atoms with Gasteiger partial charge in [0.25, 0.3) is 0 Å². The van der Waals surface area contributed by atoms with Crippen molar-refractivity contribution in [3.05, 3.63) is 48.3 Å². The molecule has 0 aliphatic rings. The molecule has 7 nitrogen and oxygen atoms in total. The highest BCUT2D eigenvalue weighted by Gasteiger charge is 2.16. The molecule has 3 amide bonds. The van der Waals surface area contributed by atoms with Crippen LogP contribution in [0, 0.1) is 0 Å². The molecule has 2 aromatic heterocycles. The highest BCUT2D eigenvalue weighted by atomic mass is 16.3. The highest BCUT2D eigenvalue weighted by Crippen LogP contribution is 2.10. The topological polar surface area (TPSA) is 87.7 Å². The summed E-state index contributed by atoms with van der Waals surface area (Å²) in [5.41, 5.74) is 0. The molecule has 0 saturated heterocycles. The van der Waals surface area contributed by atoms with Crippen molar-refractivity contribution in [1.29, 1.82) is 0 Å². The zero-order chi connectivity index (χ0) is 16.7. The summed E-state index contributed by atoms with van der Waals surface area (Å²) in [6.45, 7) is 4.57. The fraction of sp³-hybridized carbons (Fsp3) is 0.375. The fourth-order valence-corrected chi connectivity index (χ4v) is 2.08. The molecule has 0 atom stereocenters. The van der Waals surface area contributed by atoms with Gasteiger partial charge in [-0.25, -0.2) is 4.79 Å². The lowest BCUT2D eigenvalue weighted by Crippen LogP contribution is -2.46. The highest BCUT2D eigenvalue weighted by molar-refractivity contribution is 5.95. The Balaban J connectivity index is 1.93. The van der Waals surface area contributed by atoms with Gasteiger partial charge in [-0.05, 0) is 38.1 Å². The van der Waals surface area contributed by atoms with Crippen molar-refractivity contribution in [2.24, 2.45) is 0 Å². The van der Waals surface area contributed by atoms with Gasteiger partial charge in [0.1, 0.15) is 11.5 Å². The number of rotatable bonds is 7. The van der Waals surface area contributed by atoms with Crippen LogP contribution in [0.1, 0.15) is 25.4 Å². The first-order valence-electron chi connectivity index (χ1n) is 7.40. The molecule has 0 aromatic carbocycles. The smallest absolute Gasteiger partial charge is 0.321 e. The molecular weight excluding hydrogens is 298 g/mol. The SMILES string of the molecule is CC(C)NC(=O)NC(=O)CN(Cc1ccco1)Cc1ccco1. The molecule has 0 aliphatic heterocycles. The second-order valence-corrected chi connectivity index (χ2v) is 5.48. The van der Waals surface area contributed by atoms with Gasteiger partial charge in [0.15, 0.2) is 0 Å². The maximum absolute atomic E-state index is 12.0. The van der Waals surface area contributed by atoms with E-state index in [1.807, 2.05) is 30.9 Å². The minimum absolute atomic E-state index is 0.0369. The Kier molecular flexibility index (Phi) is 5.99. The van der Waals surface area contributed by atoms with Crippen molar-refractivity contribution in [3.63, 3.8) is 0 Å². The van der Waals surface area contributed by atoms with E-state index in [1.54, 1.807) is 24.7 Å². The fourth-order valence-electron chi connectivity index (χ4n) is 2.08. The molecule has 0 spiro atoms. The lowest BCUT2D eigenvalue weighted by molar-refractivity contribution is -0.121. The van der Waals surface area contributed by atoms with Crippen LogP contribution in [0.3, 0.4) is 0 Å². The Morgan fingerprint density at radius 1 is 1.09 bits per heavy atom. The molecule has 2 heterocycles. The van der Waals surface area contributed by atoms with Gasteiger partial charge in [-0.3, -0.25) is 15.0 Å². The number of imide groups is 1. The number of carbonyl (C=O) groups is 2. The largest absolute Gasteiger partial charge is 0.468 e. The summed E-state index contributed by atoms with van der Waals surface area (Å²) < 4.78 is 10.6. The molecule has 2 aromatic rings. The van der Waals surface area contributed by atoms with Crippen LogP contribution in [0.4, 0.5) is 4.79 Å². The predicted octanol–water partition coefficient (Wildman–Crippen LogP) is 2.11. The molecule has 2 rings (SSSR count). The van der Waals surface area contributed by atoms with Crippen LogP contribution in [0.15, 0.2) is 45.6 Å². The summed E-state index contributed by atoms with van der Waals surface area (Å²) in [5, 5.41) is 4.92. The van der Waals surface area contributed by atoms with E-state index in [4.69, 9.17) is 8.83 Å². The average Bonchev–Trinajstić information content (AvgIpc) is 3.10. The van der Waals surface area contributed by atoms with Gasteiger partial charge in [0.2, 0.25) is 5.91 Å². The van der Waals surface area contributed by atoms with Crippen LogP contribution in [0.2, 0.25) is 0 Å². The number of amides is 3. The number of urea groups is 1. The van der Waals surface area contributed by atoms with E-state index >= 15 is 0 Å². The standard InChI is InChI=1S/C16H21N3O4/c1-12(2)17-16(21)18-15(20)11-19(9-13-5-3-7-22-13)10-14-6-4-8-23-14/h3-8,12H,9-11H2,1-2H3,(H2,17,18,20,21). The number of furan rings is 2. The number of nitrogens with zero attached hydrogens (tertiary/aromatic N) is 1. The third kappa shape index (κ3) is 5.99. The van der Waals surface area contributed by atoms with Crippen molar-refractivity contribution in [3.8, 4) is 0 Å². The summed E-state index contributed by atoms with van der Waals surface area (Å²) in [6.07, 6.45) is 3.16. The molecule has 2 N–H and O–H groups in total. The second-order valence-electron chi connectivity index (χ2n) is 5.48. The molecule has 0 saturated carbocycles. The number of nitrogens with one attached hydrogen (secondary N) is 2. The van der Waals surface area contributed by atoms with Crippen molar-refractivity contribution in [1.82, 2.24) is 15.5 Å². The molecule has 7 heteroatoms. The van der Waals surface area contributed by atoms with E-state index in [0.717, 1.165) is 11.5 Å². The van der Waals surface area contributed by atoms with Gasteiger partial charge in [-0.2, -0.15) is 0 Å². The molecular formula is C16H21N3O4. The Morgan fingerprint density at radius 3 is 2.09 bits per heavy atom. The van der Waals surface area contributed by atoms with Crippen LogP contribution in [-0.4, -0.2) is 29.4 Å². The lowest BCUT2D eigenvalue weighted by atomic mass is 10.3. The quantitative estimate of drug-likeness (QED) is 0.816. The van der Waals surface area contributed by atoms with Gasteiger partial charge >= 0.3 is 6.03 Å². The average molecular weight is 319 g/mol. The van der Waals surface area contributed by atoms with Crippen LogP contribution < -0.4 is 10.6 Å². The van der Waals surface area contributed by atoms with E-state index in [1.165, 1.54) is 0 Å². The Bertz CT molecular complexity index is 569. The monoisotopic (exact) mass is 319 g/mol. The van der Waals surface area contributed by atoms with Gasteiger partial charge < -0.3 is 14.2 Å². The Hall–Kier alpha value is -2.54. The first-order valence-corrected chi connectivity index (χ1v) is 7.40. The zero-order valence-electron chi connectivity index (χ0n) is 13.2. The normalized spacial score (nSPS) is 11.0. The Morgan fingerprint density at radius 2 is 1.65 bits per heavy atom. The van der Waals surface area contributed by atoms with Crippen molar-refractivity contribution < 1.29 is 18.4 Å². The summed E-state index contributed by atoms with van der Waals surface area (Å²) >= 11 is 0. The van der Waals surface area contributed by atoms with Gasteiger partial charge in [-0.1, -0.05) is 0 Å². The van der Waals surface area contributed by atoms with Gasteiger partial charge in [0, 0.05) is 6.04 Å². The van der Waals surface area contributed by atoms with E-state index in [2.05, 4.69) is 10.6 Å². The van der Waals surface area contributed by atoms with Crippen LogP contribution >= 0.6 is 0 Å². The number of hydrogen-bond donors (Lipinski definition) is 2. The minimum atomic E-state index is -0.499. The molecule has 0 aliphatic carbocycles. The minimum Gasteiger partial charge on any atom is -0.468 e. The summed E-state index contributed by atoms with van der Waals surface area (Å²) in [4.78, 5) is 25.4. The zero-order valence-corrected chi connectivity index (χ0v) is 13.2. The number of hydrogen-bond acceptors (Lipinski definition) is 5. The maximum Gasteiger partial charge on any atom is 0.321 e. The van der Waals surface area contributed by atoms with Crippen LogP contribution in [0.25, 0.3) is 0 Å². The van der Waals surface area contributed by atoms with Crippen LogP contribution in [-0.2, 0) is 17.9 Å². The molecule has 124 valence electrons. The third-order valence-corrected chi connectivity index (χ3v) is 2.96. The second kappa shape index (κ2) is 8.19. The lowest BCUT2D eigenvalue weighted by Gasteiger charge is -2.19. The van der Waals surface area contributed by atoms with E-state index in [0.29, 0.717) is 13.1 Å². The molecule has 0 radical (unpaired) electrons. The van der Waals surface area contributed by atoms with E-state index in [9.17, 15) is 9.59 Å². The molecule has 23 heavy (non-hydrogen) atoms. The molecule has 0 fully saturated rings. The molecule has 0 unspecified atom stereocenters. The Labute approximate surface area is 134 Å². The molecule has 0 bridgehead atoms. The first-order chi connectivity index (χ1) is 11.0. The summed E-state index contributed by atoms with van der Waals surface area (Å²) in [7, 11) is 0.